The smallest absolute Gasteiger partial charge is 0.0596 e. The highest BCUT2D eigenvalue weighted by atomic mass is 16.4. The van der Waals surface area contributed by atoms with E-state index in [0.717, 1.165) is 44.6 Å². The van der Waals surface area contributed by atoms with E-state index >= 15 is 0 Å². The summed E-state index contributed by atoms with van der Waals surface area (Å²) in [7, 11) is 0. The van der Waals surface area contributed by atoms with E-state index in [-0.39, 0.29) is 0 Å². The second-order valence-electron chi connectivity index (χ2n) is 4.12. The summed E-state index contributed by atoms with van der Waals surface area (Å²) in [5.41, 5.74) is 2.21. The molecule has 86 valence electrons. The predicted octanol–water partition coefficient (Wildman–Crippen LogP) is 1.55. The molecule has 4 nitrogen and oxygen atoms in total. The van der Waals surface area contributed by atoms with Crippen LogP contribution in [-0.4, -0.2) is 40.4 Å². The summed E-state index contributed by atoms with van der Waals surface area (Å²) in [6.07, 6.45) is 6.55. The number of aromatic nitrogens is 1. The number of pyridine rings is 1. The molecule has 0 unspecified atom stereocenters. The molecule has 1 saturated heterocycles. The highest BCUT2D eigenvalue weighted by Gasteiger charge is 2.14. The average molecular weight is 219 g/mol. The zero-order valence-corrected chi connectivity index (χ0v) is 9.34. The van der Waals surface area contributed by atoms with Gasteiger partial charge in [0.25, 0.3) is 0 Å². The summed E-state index contributed by atoms with van der Waals surface area (Å²) >= 11 is 0. The van der Waals surface area contributed by atoms with E-state index < -0.39 is 0 Å². The minimum atomic E-state index is 0.892. The quantitative estimate of drug-likeness (QED) is 0.620. The van der Waals surface area contributed by atoms with Crippen LogP contribution in [-0.2, 0) is 6.42 Å². The lowest BCUT2D eigenvalue weighted by molar-refractivity contribution is 0.265. The highest BCUT2D eigenvalue weighted by molar-refractivity contribution is 5.84. The third-order valence-electron chi connectivity index (χ3n) is 3.01. The van der Waals surface area contributed by atoms with Gasteiger partial charge >= 0.3 is 0 Å². The van der Waals surface area contributed by atoms with Crippen molar-refractivity contribution in [3.8, 4) is 0 Å². The summed E-state index contributed by atoms with van der Waals surface area (Å²) < 4.78 is 0. The minimum Gasteiger partial charge on any atom is -0.411 e. The number of rotatable bonds is 3. The fourth-order valence-corrected chi connectivity index (χ4v) is 1.97. The summed E-state index contributed by atoms with van der Waals surface area (Å²) in [6.45, 7) is 3.06. The van der Waals surface area contributed by atoms with Crippen molar-refractivity contribution in [2.75, 3.05) is 19.6 Å². The summed E-state index contributed by atoms with van der Waals surface area (Å²) in [4.78, 5) is 6.51. The third kappa shape index (κ3) is 3.03. The zero-order valence-electron chi connectivity index (χ0n) is 9.34. The van der Waals surface area contributed by atoms with Crippen LogP contribution in [0.1, 0.15) is 18.4 Å². The molecule has 1 aromatic heterocycles. The second-order valence-corrected chi connectivity index (χ2v) is 4.12. The fraction of sp³-hybridized carbons (Fsp3) is 0.500. The van der Waals surface area contributed by atoms with Gasteiger partial charge in [0, 0.05) is 44.9 Å². The Hall–Kier alpha value is -1.42. The molecule has 0 aromatic carbocycles. The molecule has 0 saturated carbocycles. The van der Waals surface area contributed by atoms with E-state index in [0.29, 0.717) is 0 Å². The van der Waals surface area contributed by atoms with Crippen molar-refractivity contribution in [3.05, 3.63) is 30.1 Å². The number of piperidine rings is 1. The number of hydrogen-bond acceptors (Lipinski definition) is 4. The van der Waals surface area contributed by atoms with Crippen molar-refractivity contribution in [2.45, 2.75) is 19.3 Å². The van der Waals surface area contributed by atoms with Gasteiger partial charge in [-0.25, -0.2) is 0 Å². The Morgan fingerprint density at radius 2 is 2.19 bits per heavy atom. The number of nitrogens with zero attached hydrogens (tertiary/aromatic N) is 3. The molecule has 16 heavy (non-hydrogen) atoms. The lowest BCUT2D eigenvalue weighted by atomic mass is 10.1. The molecule has 1 aliphatic rings. The monoisotopic (exact) mass is 219 g/mol. The van der Waals surface area contributed by atoms with Gasteiger partial charge in [0.2, 0.25) is 0 Å². The van der Waals surface area contributed by atoms with Crippen molar-refractivity contribution in [3.63, 3.8) is 0 Å². The summed E-state index contributed by atoms with van der Waals surface area (Å²) in [5, 5.41) is 11.9. The van der Waals surface area contributed by atoms with E-state index in [2.05, 4.69) is 21.1 Å². The standard InChI is InChI=1S/C12H17N3O/c16-14-12-4-8-15(9-5-12)7-3-11-2-1-6-13-10-11/h1-2,6,10,16H,3-5,7-9H2. The fourth-order valence-electron chi connectivity index (χ4n) is 1.97. The van der Waals surface area contributed by atoms with Crippen LogP contribution in [0.3, 0.4) is 0 Å². The van der Waals surface area contributed by atoms with Gasteiger partial charge in [-0.15, -0.1) is 0 Å². The Kier molecular flexibility index (Phi) is 3.88. The average Bonchev–Trinajstić information content (AvgIpc) is 2.38. The van der Waals surface area contributed by atoms with Gasteiger partial charge in [-0.2, -0.15) is 0 Å². The Labute approximate surface area is 95.6 Å². The van der Waals surface area contributed by atoms with Crippen LogP contribution in [0.5, 0.6) is 0 Å². The van der Waals surface area contributed by atoms with Crippen LogP contribution < -0.4 is 0 Å². The minimum absolute atomic E-state index is 0.892. The molecule has 2 heterocycles. The molecule has 0 spiro atoms. The SMILES string of the molecule is ON=C1CCN(CCc2cccnc2)CC1. The zero-order chi connectivity index (χ0) is 11.2. The van der Waals surface area contributed by atoms with E-state index in [4.69, 9.17) is 5.21 Å². The Bertz CT molecular complexity index is 341. The van der Waals surface area contributed by atoms with Gasteiger partial charge in [-0.05, 0) is 18.1 Å². The first kappa shape index (κ1) is 11.1. The molecule has 0 amide bonds. The second kappa shape index (κ2) is 5.61. The number of hydrogen-bond donors (Lipinski definition) is 1. The first-order valence-corrected chi connectivity index (χ1v) is 5.69. The maximum Gasteiger partial charge on any atom is 0.0596 e. The van der Waals surface area contributed by atoms with Crippen molar-refractivity contribution in [1.29, 1.82) is 0 Å². The Morgan fingerprint density at radius 3 is 2.81 bits per heavy atom. The van der Waals surface area contributed by atoms with E-state index in [9.17, 15) is 0 Å². The van der Waals surface area contributed by atoms with Crippen LogP contribution in [0, 0.1) is 0 Å². The van der Waals surface area contributed by atoms with Gasteiger partial charge in [0.15, 0.2) is 0 Å². The normalized spacial score (nSPS) is 17.4. The van der Waals surface area contributed by atoms with Crippen LogP contribution in [0.2, 0.25) is 0 Å². The lowest BCUT2D eigenvalue weighted by Gasteiger charge is -2.26. The molecule has 1 fully saturated rings. The van der Waals surface area contributed by atoms with Crippen LogP contribution >= 0.6 is 0 Å². The molecule has 4 heteroatoms. The Balaban J connectivity index is 1.76. The topological polar surface area (TPSA) is 48.7 Å². The van der Waals surface area contributed by atoms with Crippen molar-refractivity contribution in [2.24, 2.45) is 5.16 Å². The third-order valence-corrected chi connectivity index (χ3v) is 3.01. The van der Waals surface area contributed by atoms with E-state index in [1.165, 1.54) is 5.56 Å². The molecule has 0 atom stereocenters. The maximum absolute atomic E-state index is 8.65. The van der Waals surface area contributed by atoms with Crippen LogP contribution in [0.4, 0.5) is 0 Å². The van der Waals surface area contributed by atoms with Crippen molar-refractivity contribution >= 4 is 5.71 Å². The number of oxime groups is 1. The largest absolute Gasteiger partial charge is 0.411 e. The van der Waals surface area contributed by atoms with Gasteiger partial charge in [-0.3, -0.25) is 4.98 Å². The van der Waals surface area contributed by atoms with Crippen molar-refractivity contribution < 1.29 is 5.21 Å². The van der Waals surface area contributed by atoms with E-state index in [1.807, 2.05) is 12.3 Å². The van der Waals surface area contributed by atoms with Crippen LogP contribution in [0.25, 0.3) is 0 Å². The van der Waals surface area contributed by atoms with Crippen molar-refractivity contribution in [1.82, 2.24) is 9.88 Å². The number of likely N-dealkylation sites (tertiary alicyclic amines) is 1. The van der Waals surface area contributed by atoms with Gasteiger partial charge in [-0.1, -0.05) is 11.2 Å². The molecule has 1 aromatic rings. The summed E-state index contributed by atoms with van der Waals surface area (Å²) in [6, 6.07) is 4.08. The molecule has 2 rings (SSSR count). The van der Waals surface area contributed by atoms with Gasteiger partial charge in [0.1, 0.15) is 0 Å². The molecular formula is C12H17N3O. The highest BCUT2D eigenvalue weighted by Crippen LogP contribution is 2.08. The lowest BCUT2D eigenvalue weighted by Crippen LogP contribution is -2.35. The molecule has 0 radical (unpaired) electrons. The molecule has 0 bridgehead atoms. The Morgan fingerprint density at radius 1 is 1.38 bits per heavy atom. The first-order chi connectivity index (χ1) is 7.88. The summed E-state index contributed by atoms with van der Waals surface area (Å²) in [5.74, 6) is 0. The van der Waals surface area contributed by atoms with Gasteiger partial charge in [0.05, 0.1) is 5.71 Å². The van der Waals surface area contributed by atoms with Crippen LogP contribution in [0.15, 0.2) is 29.7 Å². The maximum atomic E-state index is 8.65. The molecular weight excluding hydrogens is 202 g/mol. The van der Waals surface area contributed by atoms with Gasteiger partial charge < -0.3 is 10.1 Å². The molecule has 0 aliphatic carbocycles. The predicted molar refractivity (Wildman–Crippen MR) is 62.8 cm³/mol. The molecule has 1 aliphatic heterocycles. The first-order valence-electron chi connectivity index (χ1n) is 5.69. The molecule has 1 N–H and O–H groups in total. The van der Waals surface area contributed by atoms with E-state index in [1.54, 1.807) is 6.20 Å².